The van der Waals surface area contributed by atoms with Crippen molar-refractivity contribution in [3.8, 4) is 0 Å². The summed E-state index contributed by atoms with van der Waals surface area (Å²) in [6, 6.07) is 10.2. The Balaban J connectivity index is 0. The minimum atomic E-state index is 0. The van der Waals surface area contributed by atoms with Crippen LogP contribution in [0.4, 0.5) is 0 Å². The zero-order valence-electron chi connectivity index (χ0n) is 18.1. The molecule has 0 aromatic heterocycles. The van der Waals surface area contributed by atoms with Gasteiger partial charge in [-0.1, -0.05) is 83.7 Å². The van der Waals surface area contributed by atoms with Crippen LogP contribution in [0.3, 0.4) is 0 Å². The minimum absolute atomic E-state index is 0. The molecule has 1 rings (SSSR count). The van der Waals surface area contributed by atoms with Crippen molar-refractivity contribution in [1.29, 1.82) is 0 Å². The molecule has 0 heterocycles. The molecule has 26 heavy (non-hydrogen) atoms. The van der Waals surface area contributed by atoms with Crippen LogP contribution in [0, 0.1) is 6.92 Å². The summed E-state index contributed by atoms with van der Waals surface area (Å²) in [6.07, 6.45) is 12.0. The third-order valence-corrected chi connectivity index (χ3v) is 5.08. The van der Waals surface area contributed by atoms with Crippen molar-refractivity contribution in [2.45, 2.75) is 85.5 Å². The third kappa shape index (κ3) is 13.6. The Hall–Kier alpha value is -0.530. The van der Waals surface area contributed by atoms with Crippen LogP contribution in [0.2, 0.25) is 0 Å². The lowest BCUT2D eigenvalue weighted by Gasteiger charge is -2.39. The Bertz CT molecular complexity index is 340. The van der Waals surface area contributed by atoms with E-state index in [-0.39, 0.29) is 12.4 Å². The van der Waals surface area contributed by atoms with Crippen molar-refractivity contribution in [3.05, 3.63) is 42.8 Å². The Kier molecular flexibility index (Phi) is 20.5. The number of benzene rings is 1. The second kappa shape index (κ2) is 19.2. The van der Waals surface area contributed by atoms with Gasteiger partial charge in [0.15, 0.2) is 0 Å². The molecule has 0 unspecified atom stereocenters. The van der Waals surface area contributed by atoms with Gasteiger partial charge in [0.05, 0.1) is 26.2 Å². The Morgan fingerprint density at radius 1 is 0.654 bits per heavy atom. The van der Waals surface area contributed by atoms with Crippen molar-refractivity contribution in [2.24, 2.45) is 0 Å². The van der Waals surface area contributed by atoms with Crippen LogP contribution < -0.4 is 12.4 Å². The highest BCUT2D eigenvalue weighted by Crippen LogP contribution is 2.16. The van der Waals surface area contributed by atoms with E-state index in [4.69, 9.17) is 0 Å². The molecule has 0 aliphatic heterocycles. The summed E-state index contributed by atoms with van der Waals surface area (Å²) >= 11 is 0. The fourth-order valence-electron chi connectivity index (χ4n) is 3.29. The highest BCUT2D eigenvalue weighted by atomic mass is 35.5. The number of quaternary nitrogens is 1. The molecule has 0 fully saturated rings. The molecule has 1 aromatic carbocycles. The molecule has 2 heteroatoms. The molecule has 0 saturated carbocycles. The second-order valence-electron chi connectivity index (χ2n) is 7.39. The summed E-state index contributed by atoms with van der Waals surface area (Å²) in [5.74, 6) is 0. The van der Waals surface area contributed by atoms with Crippen molar-refractivity contribution >= 4 is 0 Å². The summed E-state index contributed by atoms with van der Waals surface area (Å²) in [6.45, 7) is 18.8. The van der Waals surface area contributed by atoms with Gasteiger partial charge in [0.25, 0.3) is 0 Å². The number of hydrogen-bond donors (Lipinski definition) is 0. The first-order chi connectivity index (χ1) is 12.2. The molecular weight excluding hydrogens is 338 g/mol. The predicted molar refractivity (Wildman–Crippen MR) is 115 cm³/mol. The van der Waals surface area contributed by atoms with Crippen molar-refractivity contribution < 1.29 is 16.9 Å². The smallest absolute Gasteiger partial charge is 0.0786 e. The summed E-state index contributed by atoms with van der Waals surface area (Å²) in [5.41, 5.74) is 1.30. The molecule has 1 nitrogen and oxygen atoms in total. The monoisotopic (exact) mass is 382 g/mol. The molecule has 153 valence electrons. The first-order valence-electron chi connectivity index (χ1n) is 10.9. The van der Waals surface area contributed by atoms with Crippen LogP contribution in [0.1, 0.15) is 84.6 Å². The number of unbranched alkanes of at least 4 members (excludes halogenated alkanes) is 4. The molecule has 1 radical (unpaired) electrons. The number of hydrogen-bond acceptors (Lipinski definition) is 0. The first-order valence-corrected chi connectivity index (χ1v) is 10.9. The molecule has 0 aliphatic carbocycles. The van der Waals surface area contributed by atoms with Gasteiger partial charge in [-0.2, -0.15) is 0 Å². The average Bonchev–Trinajstić information content (AvgIpc) is 2.68. The molecular formula is C24H45ClN. The van der Waals surface area contributed by atoms with E-state index in [9.17, 15) is 0 Å². The van der Waals surface area contributed by atoms with Crippen LogP contribution in [0.25, 0.3) is 0 Å². The fourth-order valence-corrected chi connectivity index (χ4v) is 3.29. The lowest BCUT2D eigenvalue weighted by atomic mass is 10.1. The molecule has 0 saturated heterocycles. The fraction of sp³-hybridized carbons (Fsp3) is 0.708. The minimum Gasteiger partial charge on any atom is -1.00 e. The molecule has 0 N–H and O–H groups in total. The van der Waals surface area contributed by atoms with Gasteiger partial charge in [-0.3, -0.25) is 0 Å². The van der Waals surface area contributed by atoms with Gasteiger partial charge in [-0.25, -0.2) is 0 Å². The largest absolute Gasteiger partial charge is 1.00 e. The standard InChI is InChI=1S/C16H36N.C8H9.ClH/c1-5-9-13-17(14-10-6-2,15-11-7-3)16-12-8-4;1-2-8-6-4-3-5-7-8;/h5-16H2,1-4H3;3-7H,1-2H2;1H/q+1;;/p-1. The van der Waals surface area contributed by atoms with E-state index in [1.165, 1.54) is 87.6 Å². The lowest BCUT2D eigenvalue weighted by Crippen LogP contribution is -3.00. The maximum atomic E-state index is 3.76. The van der Waals surface area contributed by atoms with Crippen LogP contribution in [0.15, 0.2) is 30.3 Å². The molecule has 0 atom stereocenters. The van der Waals surface area contributed by atoms with Crippen LogP contribution in [-0.2, 0) is 6.42 Å². The van der Waals surface area contributed by atoms with E-state index < -0.39 is 0 Å². The van der Waals surface area contributed by atoms with Crippen molar-refractivity contribution in [3.63, 3.8) is 0 Å². The van der Waals surface area contributed by atoms with E-state index in [1.54, 1.807) is 0 Å². The second-order valence-corrected chi connectivity index (χ2v) is 7.39. The quantitative estimate of drug-likeness (QED) is 0.451. The Morgan fingerprint density at radius 3 is 1.23 bits per heavy atom. The number of halogens is 1. The zero-order valence-corrected chi connectivity index (χ0v) is 18.9. The molecule has 0 aliphatic rings. The van der Waals surface area contributed by atoms with Gasteiger partial charge < -0.3 is 16.9 Å². The van der Waals surface area contributed by atoms with E-state index in [0.29, 0.717) is 0 Å². The number of nitrogens with zero attached hydrogens (tertiary/aromatic N) is 1. The van der Waals surface area contributed by atoms with Gasteiger partial charge >= 0.3 is 0 Å². The SMILES string of the molecule is CCCC[N+](CCCC)(CCCC)CCCC.[CH2]Cc1ccccc1.[Cl-]. The highest BCUT2D eigenvalue weighted by molar-refractivity contribution is 5.14. The van der Waals surface area contributed by atoms with Crippen molar-refractivity contribution in [1.82, 2.24) is 0 Å². The van der Waals surface area contributed by atoms with E-state index in [2.05, 4.69) is 46.8 Å². The molecule has 0 bridgehead atoms. The summed E-state index contributed by atoms with van der Waals surface area (Å²) in [4.78, 5) is 0. The Morgan fingerprint density at radius 2 is 1.00 bits per heavy atom. The third-order valence-electron chi connectivity index (χ3n) is 5.08. The number of rotatable bonds is 13. The lowest BCUT2D eigenvalue weighted by molar-refractivity contribution is -0.929. The predicted octanol–water partition coefficient (Wildman–Crippen LogP) is 4.07. The Labute approximate surface area is 171 Å². The summed E-state index contributed by atoms with van der Waals surface area (Å²) in [5, 5.41) is 0. The maximum absolute atomic E-state index is 3.76. The topological polar surface area (TPSA) is 0 Å². The van der Waals surface area contributed by atoms with Crippen LogP contribution in [-0.4, -0.2) is 30.7 Å². The van der Waals surface area contributed by atoms with Gasteiger partial charge in [-0.05, 0) is 44.6 Å². The van der Waals surface area contributed by atoms with Crippen LogP contribution in [0.5, 0.6) is 0 Å². The summed E-state index contributed by atoms with van der Waals surface area (Å²) < 4.78 is 1.42. The van der Waals surface area contributed by atoms with Gasteiger partial charge in [0.2, 0.25) is 0 Å². The van der Waals surface area contributed by atoms with E-state index in [1.807, 2.05) is 18.2 Å². The highest BCUT2D eigenvalue weighted by Gasteiger charge is 2.24. The molecule has 1 aromatic rings. The maximum Gasteiger partial charge on any atom is 0.0786 e. The van der Waals surface area contributed by atoms with E-state index in [0.717, 1.165) is 6.42 Å². The van der Waals surface area contributed by atoms with Gasteiger partial charge in [0.1, 0.15) is 0 Å². The zero-order chi connectivity index (χ0) is 18.8. The van der Waals surface area contributed by atoms with Gasteiger partial charge in [0, 0.05) is 0 Å². The molecule has 0 spiro atoms. The normalized spacial score (nSPS) is 10.7. The van der Waals surface area contributed by atoms with Gasteiger partial charge in [-0.15, -0.1) is 0 Å². The average molecular weight is 383 g/mol. The molecule has 0 amide bonds. The van der Waals surface area contributed by atoms with Crippen molar-refractivity contribution in [2.75, 3.05) is 26.2 Å². The first kappa shape index (κ1) is 27.7. The van der Waals surface area contributed by atoms with Crippen LogP contribution >= 0.6 is 0 Å². The van der Waals surface area contributed by atoms with E-state index >= 15 is 0 Å². The summed E-state index contributed by atoms with van der Waals surface area (Å²) in [7, 11) is 0.